The maximum absolute atomic E-state index is 12.0. The molecular formula is C13H17NO. The number of rotatable bonds is 0. The Balaban J connectivity index is 2.49. The number of hydrogen-bond donors (Lipinski definition) is 0. The van der Waals surface area contributed by atoms with Crippen molar-refractivity contribution in [2.45, 2.75) is 20.3 Å². The predicted molar refractivity (Wildman–Crippen MR) is 61.9 cm³/mol. The van der Waals surface area contributed by atoms with E-state index in [9.17, 15) is 4.79 Å². The van der Waals surface area contributed by atoms with E-state index < -0.39 is 0 Å². The third-order valence-electron chi connectivity index (χ3n) is 3.47. The Hall–Kier alpha value is -1.31. The van der Waals surface area contributed by atoms with Gasteiger partial charge in [-0.05, 0) is 24.0 Å². The highest BCUT2D eigenvalue weighted by molar-refractivity contribution is 5.96. The van der Waals surface area contributed by atoms with E-state index in [2.05, 4.69) is 13.0 Å². The number of hydrogen-bond acceptors (Lipinski definition) is 1. The van der Waals surface area contributed by atoms with Crippen molar-refractivity contribution in [1.82, 2.24) is 0 Å². The maximum Gasteiger partial charge on any atom is 0.229 e. The summed E-state index contributed by atoms with van der Waals surface area (Å²) in [6.45, 7) is 4.17. The third-order valence-corrected chi connectivity index (χ3v) is 3.47. The van der Waals surface area contributed by atoms with E-state index in [1.807, 2.05) is 32.2 Å². The highest BCUT2D eigenvalue weighted by Gasteiger charge is 2.29. The quantitative estimate of drug-likeness (QED) is 0.634. The van der Waals surface area contributed by atoms with Crippen LogP contribution in [0.1, 0.15) is 19.4 Å². The smallest absolute Gasteiger partial charge is 0.229 e. The van der Waals surface area contributed by atoms with Crippen molar-refractivity contribution in [1.29, 1.82) is 0 Å². The number of nitrogens with zero attached hydrogens (tertiary/aromatic N) is 1. The molecule has 1 amide bonds. The molecule has 2 unspecified atom stereocenters. The maximum atomic E-state index is 12.0. The largest absolute Gasteiger partial charge is 0.315 e. The Morgan fingerprint density at radius 2 is 1.93 bits per heavy atom. The van der Waals surface area contributed by atoms with Crippen LogP contribution in [0.15, 0.2) is 24.3 Å². The minimum absolute atomic E-state index is 0.113. The van der Waals surface area contributed by atoms with Gasteiger partial charge >= 0.3 is 0 Å². The van der Waals surface area contributed by atoms with Crippen LogP contribution in [-0.4, -0.2) is 13.0 Å². The molecule has 2 rings (SSSR count). The van der Waals surface area contributed by atoms with Crippen LogP contribution in [0.3, 0.4) is 0 Å². The molecule has 0 spiro atoms. The van der Waals surface area contributed by atoms with Gasteiger partial charge in [0.25, 0.3) is 0 Å². The molecule has 0 aromatic heterocycles. The zero-order valence-electron chi connectivity index (χ0n) is 9.53. The summed E-state index contributed by atoms with van der Waals surface area (Å²) in [5, 5.41) is 0. The highest BCUT2D eigenvalue weighted by Crippen LogP contribution is 2.30. The van der Waals surface area contributed by atoms with Crippen molar-refractivity contribution in [3.63, 3.8) is 0 Å². The summed E-state index contributed by atoms with van der Waals surface area (Å²) in [7, 11) is 1.87. The number of carbonyl (C=O) groups is 1. The number of benzene rings is 1. The first-order valence-corrected chi connectivity index (χ1v) is 5.46. The van der Waals surface area contributed by atoms with E-state index in [4.69, 9.17) is 0 Å². The average Bonchev–Trinajstić information content (AvgIpc) is 2.32. The first-order valence-electron chi connectivity index (χ1n) is 5.46. The minimum Gasteiger partial charge on any atom is -0.315 e. The van der Waals surface area contributed by atoms with Crippen LogP contribution in [0.4, 0.5) is 5.69 Å². The van der Waals surface area contributed by atoms with Gasteiger partial charge in [-0.3, -0.25) is 4.79 Å². The molecule has 0 saturated carbocycles. The fraction of sp³-hybridized carbons (Fsp3) is 0.462. The second-order valence-corrected chi connectivity index (χ2v) is 4.50. The summed E-state index contributed by atoms with van der Waals surface area (Å²) >= 11 is 0. The fourth-order valence-corrected chi connectivity index (χ4v) is 2.20. The molecule has 1 heterocycles. The molecule has 1 aromatic rings. The Kier molecular flexibility index (Phi) is 2.51. The van der Waals surface area contributed by atoms with Crippen LogP contribution >= 0.6 is 0 Å². The topological polar surface area (TPSA) is 20.3 Å². The van der Waals surface area contributed by atoms with E-state index in [1.165, 1.54) is 5.56 Å². The molecule has 0 fully saturated rings. The lowest BCUT2D eigenvalue weighted by atomic mass is 9.90. The summed E-state index contributed by atoms with van der Waals surface area (Å²) < 4.78 is 0. The molecule has 15 heavy (non-hydrogen) atoms. The van der Waals surface area contributed by atoms with Crippen LogP contribution in [0.5, 0.6) is 0 Å². The lowest BCUT2D eigenvalue weighted by molar-refractivity contribution is -0.122. The Morgan fingerprint density at radius 1 is 1.27 bits per heavy atom. The van der Waals surface area contributed by atoms with Gasteiger partial charge in [0.05, 0.1) is 0 Å². The number of carbonyl (C=O) groups excluding carboxylic acids is 1. The zero-order valence-corrected chi connectivity index (χ0v) is 9.53. The molecule has 1 aromatic carbocycles. The van der Waals surface area contributed by atoms with E-state index in [0.29, 0.717) is 5.92 Å². The van der Waals surface area contributed by atoms with Gasteiger partial charge in [-0.1, -0.05) is 32.0 Å². The minimum atomic E-state index is 0.113. The van der Waals surface area contributed by atoms with Crippen molar-refractivity contribution >= 4 is 11.6 Å². The van der Waals surface area contributed by atoms with Crippen LogP contribution in [0.2, 0.25) is 0 Å². The van der Waals surface area contributed by atoms with E-state index in [-0.39, 0.29) is 11.8 Å². The average molecular weight is 203 g/mol. The van der Waals surface area contributed by atoms with Gasteiger partial charge in [0.15, 0.2) is 0 Å². The van der Waals surface area contributed by atoms with Crippen LogP contribution in [0, 0.1) is 11.8 Å². The third kappa shape index (κ3) is 1.65. The zero-order chi connectivity index (χ0) is 11.0. The van der Waals surface area contributed by atoms with Gasteiger partial charge < -0.3 is 4.90 Å². The molecular weight excluding hydrogens is 186 g/mol. The number of amides is 1. The monoisotopic (exact) mass is 203 g/mol. The molecule has 2 nitrogen and oxygen atoms in total. The van der Waals surface area contributed by atoms with E-state index in [1.54, 1.807) is 4.90 Å². The Bertz CT molecular complexity index is 386. The van der Waals surface area contributed by atoms with Crippen LogP contribution in [-0.2, 0) is 11.2 Å². The molecule has 0 N–H and O–H groups in total. The van der Waals surface area contributed by atoms with Gasteiger partial charge in [0, 0.05) is 18.7 Å². The van der Waals surface area contributed by atoms with Gasteiger partial charge in [-0.25, -0.2) is 0 Å². The second-order valence-electron chi connectivity index (χ2n) is 4.50. The van der Waals surface area contributed by atoms with Gasteiger partial charge in [0.1, 0.15) is 0 Å². The number of para-hydroxylation sites is 1. The second kappa shape index (κ2) is 3.69. The molecule has 0 saturated heterocycles. The van der Waals surface area contributed by atoms with Crippen LogP contribution in [0.25, 0.3) is 0 Å². The molecule has 2 atom stereocenters. The van der Waals surface area contributed by atoms with Crippen molar-refractivity contribution in [2.75, 3.05) is 11.9 Å². The first kappa shape index (κ1) is 10.2. The SMILES string of the molecule is CC1Cc2ccccc2N(C)C(=O)C1C. The molecule has 0 bridgehead atoms. The van der Waals surface area contributed by atoms with Crippen LogP contribution < -0.4 is 4.90 Å². The van der Waals surface area contributed by atoms with E-state index in [0.717, 1.165) is 12.1 Å². The fourth-order valence-electron chi connectivity index (χ4n) is 2.20. The van der Waals surface area contributed by atoms with Gasteiger partial charge in [-0.15, -0.1) is 0 Å². The van der Waals surface area contributed by atoms with Crippen molar-refractivity contribution in [3.05, 3.63) is 29.8 Å². The Labute approximate surface area is 90.9 Å². The van der Waals surface area contributed by atoms with E-state index >= 15 is 0 Å². The molecule has 80 valence electrons. The lowest BCUT2D eigenvalue weighted by Crippen LogP contribution is -2.32. The van der Waals surface area contributed by atoms with Crippen molar-refractivity contribution < 1.29 is 4.79 Å². The lowest BCUT2D eigenvalue weighted by Gasteiger charge is -2.20. The summed E-state index contributed by atoms with van der Waals surface area (Å²) in [4.78, 5) is 13.8. The Morgan fingerprint density at radius 3 is 2.67 bits per heavy atom. The normalized spacial score (nSPS) is 26.1. The number of anilines is 1. The molecule has 2 heteroatoms. The van der Waals surface area contributed by atoms with Gasteiger partial charge in [-0.2, -0.15) is 0 Å². The van der Waals surface area contributed by atoms with Gasteiger partial charge in [0.2, 0.25) is 5.91 Å². The molecule has 1 aliphatic heterocycles. The molecule has 1 aliphatic rings. The molecule has 0 radical (unpaired) electrons. The first-order chi connectivity index (χ1) is 7.11. The van der Waals surface area contributed by atoms with Crippen molar-refractivity contribution in [3.8, 4) is 0 Å². The van der Waals surface area contributed by atoms with Crippen molar-refractivity contribution in [2.24, 2.45) is 11.8 Å². The predicted octanol–water partition coefficient (Wildman–Crippen LogP) is 2.48. The summed E-state index contributed by atoms with van der Waals surface area (Å²) in [6.07, 6.45) is 0.993. The standard InChI is InChI=1S/C13H17NO/c1-9-8-11-6-4-5-7-12(11)14(3)13(15)10(9)2/h4-7,9-10H,8H2,1-3H3. The summed E-state index contributed by atoms with van der Waals surface area (Å²) in [6, 6.07) is 8.18. The summed E-state index contributed by atoms with van der Waals surface area (Å²) in [5.41, 5.74) is 2.35. The highest BCUT2D eigenvalue weighted by atomic mass is 16.2. The molecule has 0 aliphatic carbocycles. The number of fused-ring (bicyclic) bond motifs is 1. The summed E-state index contributed by atoms with van der Waals surface area (Å²) in [5.74, 6) is 0.762.